The molecule has 0 spiro atoms. The van der Waals surface area contributed by atoms with E-state index in [1.807, 2.05) is 45.9 Å². The second kappa shape index (κ2) is 7.12. The Labute approximate surface area is 130 Å². The van der Waals surface area contributed by atoms with Gasteiger partial charge in [-0.15, -0.1) is 0 Å². The van der Waals surface area contributed by atoms with Gasteiger partial charge in [-0.1, -0.05) is 17.2 Å². The van der Waals surface area contributed by atoms with Crippen LogP contribution in [0.3, 0.4) is 0 Å². The van der Waals surface area contributed by atoms with Crippen molar-refractivity contribution < 1.29 is 9.15 Å². The standard InChI is InChI=1S/C19H22O3/c1-13(2)5-8-16-17(21-12-11-14(3)4)9-6-15-7-10-18(20)22-19(15)16/h5-7,9-11H,8,12H2,1-4H3. The Kier molecular flexibility index (Phi) is 5.21. The van der Waals surface area contributed by atoms with Crippen molar-refractivity contribution in [3.05, 3.63) is 63.5 Å². The molecular weight excluding hydrogens is 276 g/mol. The van der Waals surface area contributed by atoms with Gasteiger partial charge in [0.05, 0.1) is 0 Å². The van der Waals surface area contributed by atoms with Gasteiger partial charge in [0, 0.05) is 17.0 Å². The summed E-state index contributed by atoms with van der Waals surface area (Å²) in [6.45, 7) is 8.67. The van der Waals surface area contributed by atoms with E-state index in [4.69, 9.17) is 9.15 Å². The van der Waals surface area contributed by atoms with Crippen molar-refractivity contribution in [3.63, 3.8) is 0 Å². The number of fused-ring (bicyclic) bond motifs is 1. The number of ether oxygens (including phenoxy) is 1. The molecule has 0 N–H and O–H groups in total. The highest BCUT2D eigenvalue weighted by Gasteiger charge is 2.10. The maximum Gasteiger partial charge on any atom is 0.336 e. The van der Waals surface area contributed by atoms with Crippen molar-refractivity contribution in [2.24, 2.45) is 0 Å². The minimum absolute atomic E-state index is 0.340. The summed E-state index contributed by atoms with van der Waals surface area (Å²) in [5, 5.41) is 0.909. The lowest BCUT2D eigenvalue weighted by molar-refractivity contribution is 0.358. The van der Waals surface area contributed by atoms with E-state index in [1.165, 1.54) is 17.2 Å². The average Bonchev–Trinajstić information content (AvgIpc) is 2.45. The third kappa shape index (κ3) is 4.10. The average molecular weight is 298 g/mol. The lowest BCUT2D eigenvalue weighted by Crippen LogP contribution is -2.01. The van der Waals surface area contributed by atoms with Crippen LogP contribution in [0, 0.1) is 0 Å². The Hall–Kier alpha value is -2.29. The van der Waals surface area contributed by atoms with Gasteiger partial charge in [0.15, 0.2) is 0 Å². The topological polar surface area (TPSA) is 39.4 Å². The van der Waals surface area contributed by atoms with E-state index < -0.39 is 0 Å². The normalized spacial score (nSPS) is 10.4. The van der Waals surface area contributed by atoms with Gasteiger partial charge in [0.25, 0.3) is 0 Å². The van der Waals surface area contributed by atoms with Crippen LogP contribution in [0.1, 0.15) is 33.3 Å². The van der Waals surface area contributed by atoms with Crippen LogP contribution in [-0.2, 0) is 6.42 Å². The molecule has 0 saturated heterocycles. The molecule has 0 fully saturated rings. The highest BCUT2D eigenvalue weighted by Crippen LogP contribution is 2.28. The Morgan fingerprint density at radius 1 is 1.05 bits per heavy atom. The van der Waals surface area contributed by atoms with E-state index in [2.05, 4.69) is 6.08 Å². The van der Waals surface area contributed by atoms with E-state index in [9.17, 15) is 4.79 Å². The van der Waals surface area contributed by atoms with E-state index in [1.54, 1.807) is 6.07 Å². The molecule has 3 heteroatoms. The molecule has 1 aromatic carbocycles. The molecule has 0 bridgehead atoms. The molecule has 0 aliphatic rings. The molecule has 0 saturated carbocycles. The van der Waals surface area contributed by atoms with Gasteiger partial charge in [-0.05, 0) is 58.4 Å². The summed E-state index contributed by atoms with van der Waals surface area (Å²) in [6.07, 6.45) is 4.81. The third-order valence-electron chi connectivity index (χ3n) is 3.29. The first kappa shape index (κ1) is 16.1. The summed E-state index contributed by atoms with van der Waals surface area (Å²) >= 11 is 0. The summed E-state index contributed by atoms with van der Waals surface area (Å²) < 4.78 is 11.3. The maximum atomic E-state index is 11.6. The first-order chi connectivity index (χ1) is 10.5. The number of hydrogen-bond donors (Lipinski definition) is 0. The minimum atomic E-state index is -0.340. The lowest BCUT2D eigenvalue weighted by Gasteiger charge is -2.11. The Balaban J connectivity index is 2.49. The highest BCUT2D eigenvalue weighted by atomic mass is 16.5. The maximum absolute atomic E-state index is 11.6. The summed E-state index contributed by atoms with van der Waals surface area (Å²) in [7, 11) is 0. The summed E-state index contributed by atoms with van der Waals surface area (Å²) in [4.78, 5) is 11.6. The van der Waals surface area contributed by atoms with Crippen LogP contribution in [0.15, 0.2) is 56.8 Å². The Bertz CT molecular complexity index is 771. The molecule has 2 rings (SSSR count). The highest BCUT2D eigenvalue weighted by molar-refractivity contribution is 5.82. The quantitative estimate of drug-likeness (QED) is 0.596. The van der Waals surface area contributed by atoms with Gasteiger partial charge >= 0.3 is 5.63 Å². The number of benzene rings is 1. The van der Waals surface area contributed by atoms with Crippen LogP contribution in [0.4, 0.5) is 0 Å². The zero-order valence-electron chi connectivity index (χ0n) is 13.6. The predicted molar refractivity (Wildman–Crippen MR) is 90.5 cm³/mol. The monoisotopic (exact) mass is 298 g/mol. The van der Waals surface area contributed by atoms with Gasteiger partial charge in [0.2, 0.25) is 0 Å². The molecule has 1 heterocycles. The van der Waals surface area contributed by atoms with Crippen LogP contribution >= 0.6 is 0 Å². The zero-order valence-corrected chi connectivity index (χ0v) is 13.6. The van der Waals surface area contributed by atoms with Gasteiger partial charge in [-0.3, -0.25) is 0 Å². The van der Waals surface area contributed by atoms with Crippen molar-refractivity contribution in [3.8, 4) is 5.75 Å². The fourth-order valence-electron chi connectivity index (χ4n) is 2.10. The molecule has 0 unspecified atom stereocenters. The SMILES string of the molecule is CC(C)=CCOc1ccc2ccc(=O)oc2c1CC=C(C)C. The first-order valence-corrected chi connectivity index (χ1v) is 7.42. The molecule has 0 aliphatic carbocycles. The van der Waals surface area contributed by atoms with E-state index in [0.29, 0.717) is 18.6 Å². The summed E-state index contributed by atoms with van der Waals surface area (Å²) in [5.41, 5.74) is 3.61. The summed E-state index contributed by atoms with van der Waals surface area (Å²) in [6, 6.07) is 7.08. The van der Waals surface area contributed by atoms with Crippen LogP contribution < -0.4 is 10.4 Å². The third-order valence-corrected chi connectivity index (χ3v) is 3.29. The lowest BCUT2D eigenvalue weighted by atomic mass is 10.1. The van der Waals surface area contributed by atoms with Gasteiger partial charge in [-0.2, -0.15) is 0 Å². The van der Waals surface area contributed by atoms with Gasteiger partial charge in [-0.25, -0.2) is 4.79 Å². The molecule has 2 aromatic rings. The van der Waals surface area contributed by atoms with Crippen molar-refractivity contribution in [1.29, 1.82) is 0 Å². The van der Waals surface area contributed by atoms with Crippen LogP contribution in [0.2, 0.25) is 0 Å². The minimum Gasteiger partial charge on any atom is -0.489 e. The molecule has 0 atom stereocenters. The van der Waals surface area contributed by atoms with Crippen LogP contribution in [0.25, 0.3) is 11.0 Å². The van der Waals surface area contributed by atoms with E-state index >= 15 is 0 Å². The molecule has 0 radical (unpaired) electrons. The summed E-state index contributed by atoms with van der Waals surface area (Å²) in [5.74, 6) is 0.761. The number of allylic oxidation sites excluding steroid dienone is 3. The van der Waals surface area contributed by atoms with Crippen LogP contribution in [0.5, 0.6) is 5.75 Å². The van der Waals surface area contributed by atoms with Crippen molar-refractivity contribution in [1.82, 2.24) is 0 Å². The van der Waals surface area contributed by atoms with E-state index in [0.717, 1.165) is 16.7 Å². The molecule has 3 nitrogen and oxygen atoms in total. The fraction of sp³-hybridized carbons (Fsp3) is 0.316. The van der Waals surface area contributed by atoms with E-state index in [-0.39, 0.29) is 5.63 Å². The molecule has 0 amide bonds. The Morgan fingerprint density at radius 2 is 1.73 bits per heavy atom. The van der Waals surface area contributed by atoms with Crippen molar-refractivity contribution in [2.75, 3.05) is 6.61 Å². The second-order valence-corrected chi connectivity index (χ2v) is 5.79. The molecule has 1 aromatic heterocycles. The number of rotatable bonds is 5. The fourth-order valence-corrected chi connectivity index (χ4v) is 2.10. The van der Waals surface area contributed by atoms with Crippen molar-refractivity contribution >= 4 is 11.0 Å². The van der Waals surface area contributed by atoms with Crippen molar-refractivity contribution in [2.45, 2.75) is 34.1 Å². The zero-order chi connectivity index (χ0) is 16.1. The number of hydrogen-bond acceptors (Lipinski definition) is 3. The van der Waals surface area contributed by atoms with Gasteiger partial charge < -0.3 is 9.15 Å². The predicted octanol–water partition coefficient (Wildman–Crippen LogP) is 4.65. The molecule has 22 heavy (non-hydrogen) atoms. The largest absolute Gasteiger partial charge is 0.489 e. The molecule has 116 valence electrons. The first-order valence-electron chi connectivity index (χ1n) is 7.42. The van der Waals surface area contributed by atoms with Gasteiger partial charge in [0.1, 0.15) is 17.9 Å². The van der Waals surface area contributed by atoms with Crippen LogP contribution in [-0.4, -0.2) is 6.61 Å². The smallest absolute Gasteiger partial charge is 0.336 e. The molecule has 0 aliphatic heterocycles. The molecular formula is C19H22O3. The Morgan fingerprint density at radius 3 is 2.41 bits per heavy atom. The second-order valence-electron chi connectivity index (χ2n) is 5.79.